The molecule has 0 spiro atoms. The van der Waals surface area contributed by atoms with Crippen LogP contribution < -0.4 is 5.32 Å². The zero-order valence-corrected chi connectivity index (χ0v) is 20.6. The van der Waals surface area contributed by atoms with Crippen molar-refractivity contribution < 1.29 is 9.59 Å². The van der Waals surface area contributed by atoms with Gasteiger partial charge in [-0.1, -0.05) is 79.4 Å². The number of nitrogens with zero attached hydrogens (tertiary/aromatic N) is 1. The number of aryl methyl sites for hydroxylation is 1. The number of carbonyl (C=O) groups is 2. The Balaban J connectivity index is 1.71. The topological polar surface area (TPSA) is 49.4 Å². The SMILES string of the molecule is CC[C@@H](C(=O)NC1CCCC1)N(Cc1ccccc1Cl)C(=O)CSCc1cccc(C)c1. The molecule has 0 unspecified atom stereocenters. The first-order chi connectivity index (χ1) is 15.5. The van der Waals surface area contributed by atoms with Gasteiger partial charge in [0, 0.05) is 23.4 Å². The molecule has 0 bridgehead atoms. The summed E-state index contributed by atoms with van der Waals surface area (Å²) in [5.41, 5.74) is 3.27. The van der Waals surface area contributed by atoms with Gasteiger partial charge in [-0.2, -0.15) is 0 Å². The molecule has 3 rings (SSSR count). The Bertz CT molecular complexity index is 914. The summed E-state index contributed by atoms with van der Waals surface area (Å²) in [6.07, 6.45) is 4.91. The Morgan fingerprint density at radius 1 is 1.16 bits per heavy atom. The summed E-state index contributed by atoms with van der Waals surface area (Å²) in [5.74, 6) is 1.00. The summed E-state index contributed by atoms with van der Waals surface area (Å²) in [5, 5.41) is 3.80. The van der Waals surface area contributed by atoms with Gasteiger partial charge in [0.2, 0.25) is 11.8 Å². The van der Waals surface area contributed by atoms with Gasteiger partial charge in [0.05, 0.1) is 5.75 Å². The van der Waals surface area contributed by atoms with Crippen molar-refractivity contribution in [3.05, 3.63) is 70.2 Å². The number of halogens is 1. The third kappa shape index (κ3) is 7.01. The molecule has 1 N–H and O–H groups in total. The smallest absolute Gasteiger partial charge is 0.243 e. The summed E-state index contributed by atoms with van der Waals surface area (Å²) in [6.45, 7) is 4.37. The number of amides is 2. The highest BCUT2D eigenvalue weighted by Gasteiger charge is 2.30. The first kappa shape index (κ1) is 24.7. The normalized spacial score (nSPS) is 14.8. The second-order valence-electron chi connectivity index (χ2n) is 8.51. The molecule has 2 aromatic rings. The van der Waals surface area contributed by atoms with Crippen LogP contribution in [-0.4, -0.2) is 34.6 Å². The quantitative estimate of drug-likeness (QED) is 0.479. The van der Waals surface area contributed by atoms with Crippen LogP contribution in [0.25, 0.3) is 0 Å². The van der Waals surface area contributed by atoms with Crippen LogP contribution in [-0.2, 0) is 21.9 Å². The van der Waals surface area contributed by atoms with E-state index in [1.165, 1.54) is 11.1 Å². The van der Waals surface area contributed by atoms with Gasteiger partial charge < -0.3 is 10.2 Å². The van der Waals surface area contributed by atoms with E-state index >= 15 is 0 Å². The zero-order chi connectivity index (χ0) is 22.9. The molecule has 32 heavy (non-hydrogen) atoms. The molecular formula is C26H33ClN2O2S. The van der Waals surface area contributed by atoms with Crippen LogP contribution in [0.5, 0.6) is 0 Å². The summed E-state index contributed by atoms with van der Waals surface area (Å²) in [7, 11) is 0. The molecule has 2 amide bonds. The highest BCUT2D eigenvalue weighted by atomic mass is 35.5. The highest BCUT2D eigenvalue weighted by Crippen LogP contribution is 2.23. The van der Waals surface area contributed by atoms with Gasteiger partial charge in [-0.05, 0) is 43.4 Å². The van der Waals surface area contributed by atoms with Crippen LogP contribution in [0.4, 0.5) is 0 Å². The average molecular weight is 473 g/mol. The maximum atomic E-state index is 13.3. The molecule has 0 aromatic heterocycles. The number of hydrogen-bond acceptors (Lipinski definition) is 3. The van der Waals surface area contributed by atoms with Crippen molar-refractivity contribution in [1.29, 1.82) is 0 Å². The summed E-state index contributed by atoms with van der Waals surface area (Å²) in [4.78, 5) is 28.2. The van der Waals surface area contributed by atoms with Crippen molar-refractivity contribution in [2.24, 2.45) is 0 Å². The van der Waals surface area contributed by atoms with Crippen LogP contribution in [0.3, 0.4) is 0 Å². The molecule has 4 nitrogen and oxygen atoms in total. The van der Waals surface area contributed by atoms with Crippen molar-refractivity contribution in [2.75, 3.05) is 5.75 Å². The molecule has 6 heteroatoms. The third-order valence-electron chi connectivity index (χ3n) is 5.96. The van der Waals surface area contributed by atoms with Crippen LogP contribution >= 0.6 is 23.4 Å². The predicted octanol–water partition coefficient (Wildman–Crippen LogP) is 5.75. The molecule has 0 radical (unpaired) electrons. The zero-order valence-electron chi connectivity index (χ0n) is 19.0. The minimum atomic E-state index is -0.501. The molecule has 2 aromatic carbocycles. The maximum absolute atomic E-state index is 13.3. The highest BCUT2D eigenvalue weighted by molar-refractivity contribution is 7.99. The van der Waals surface area contributed by atoms with Gasteiger partial charge in [0.25, 0.3) is 0 Å². The summed E-state index contributed by atoms with van der Waals surface area (Å²) < 4.78 is 0. The van der Waals surface area contributed by atoms with E-state index < -0.39 is 6.04 Å². The largest absolute Gasteiger partial charge is 0.352 e. The van der Waals surface area contributed by atoms with E-state index in [1.54, 1.807) is 16.7 Å². The lowest BCUT2D eigenvalue weighted by Gasteiger charge is -2.31. The molecule has 1 saturated carbocycles. The fourth-order valence-corrected chi connectivity index (χ4v) is 5.29. The van der Waals surface area contributed by atoms with Crippen molar-refractivity contribution in [2.45, 2.75) is 70.3 Å². The fraction of sp³-hybridized carbons (Fsp3) is 0.462. The van der Waals surface area contributed by atoms with E-state index in [0.717, 1.165) is 37.0 Å². The number of benzene rings is 2. The minimum absolute atomic E-state index is 0.0315. The fourth-order valence-electron chi connectivity index (χ4n) is 4.24. The van der Waals surface area contributed by atoms with E-state index in [2.05, 4.69) is 30.4 Å². The molecule has 172 valence electrons. The molecule has 0 aliphatic heterocycles. The molecule has 1 fully saturated rings. The average Bonchev–Trinajstić information content (AvgIpc) is 3.28. The van der Waals surface area contributed by atoms with Gasteiger partial charge in [-0.15, -0.1) is 11.8 Å². The van der Waals surface area contributed by atoms with E-state index in [0.29, 0.717) is 23.7 Å². The van der Waals surface area contributed by atoms with Crippen LogP contribution in [0, 0.1) is 6.92 Å². The van der Waals surface area contributed by atoms with E-state index in [9.17, 15) is 9.59 Å². The summed E-state index contributed by atoms with van der Waals surface area (Å²) in [6, 6.07) is 15.6. The van der Waals surface area contributed by atoms with E-state index in [1.807, 2.05) is 37.3 Å². The van der Waals surface area contributed by atoms with Crippen LogP contribution in [0.1, 0.15) is 55.7 Å². The number of rotatable bonds is 10. The second-order valence-corrected chi connectivity index (χ2v) is 9.90. The number of hydrogen-bond donors (Lipinski definition) is 1. The van der Waals surface area contributed by atoms with Gasteiger partial charge in [-0.3, -0.25) is 9.59 Å². The standard InChI is InChI=1S/C26H33ClN2O2S/c1-3-24(26(31)28-22-12-5-6-13-22)29(16-21-11-4-7-14-23(21)27)25(30)18-32-17-20-10-8-9-19(2)15-20/h4,7-11,14-15,22,24H,3,5-6,12-13,16-18H2,1-2H3,(H,28,31)/t24-/m0/s1. The van der Waals surface area contributed by atoms with Gasteiger partial charge >= 0.3 is 0 Å². The summed E-state index contributed by atoms with van der Waals surface area (Å²) >= 11 is 7.98. The van der Waals surface area contributed by atoms with Crippen LogP contribution in [0.15, 0.2) is 48.5 Å². The second kappa shape index (κ2) is 12.3. The maximum Gasteiger partial charge on any atom is 0.243 e. The number of nitrogens with one attached hydrogen (secondary N) is 1. The first-order valence-electron chi connectivity index (χ1n) is 11.4. The Morgan fingerprint density at radius 2 is 1.91 bits per heavy atom. The van der Waals surface area contributed by atoms with E-state index in [-0.39, 0.29) is 17.9 Å². The molecule has 1 atom stereocenters. The van der Waals surface area contributed by atoms with Crippen molar-refractivity contribution in [3.63, 3.8) is 0 Å². The molecule has 1 aliphatic carbocycles. The number of thioether (sulfide) groups is 1. The van der Waals surface area contributed by atoms with Crippen molar-refractivity contribution in [1.82, 2.24) is 10.2 Å². The van der Waals surface area contributed by atoms with E-state index in [4.69, 9.17) is 11.6 Å². The molecule has 0 heterocycles. The molecule has 0 saturated heterocycles. The molecule has 1 aliphatic rings. The lowest BCUT2D eigenvalue weighted by molar-refractivity contribution is -0.139. The predicted molar refractivity (Wildman–Crippen MR) is 134 cm³/mol. The Hall–Kier alpha value is -1.98. The van der Waals surface area contributed by atoms with Crippen molar-refractivity contribution >= 4 is 35.2 Å². The Morgan fingerprint density at radius 3 is 2.59 bits per heavy atom. The molecular weight excluding hydrogens is 440 g/mol. The van der Waals surface area contributed by atoms with Gasteiger partial charge in [0.1, 0.15) is 6.04 Å². The van der Waals surface area contributed by atoms with Crippen LogP contribution in [0.2, 0.25) is 5.02 Å². The third-order valence-corrected chi connectivity index (χ3v) is 7.32. The lowest BCUT2D eigenvalue weighted by atomic mass is 10.1. The van der Waals surface area contributed by atoms with Crippen molar-refractivity contribution in [3.8, 4) is 0 Å². The van der Waals surface area contributed by atoms with Gasteiger partial charge in [0.15, 0.2) is 0 Å². The lowest BCUT2D eigenvalue weighted by Crippen LogP contribution is -2.51. The number of carbonyl (C=O) groups excluding carboxylic acids is 2. The monoisotopic (exact) mass is 472 g/mol. The Labute approximate surface area is 201 Å². The Kier molecular flexibility index (Phi) is 9.49. The minimum Gasteiger partial charge on any atom is -0.352 e. The van der Waals surface area contributed by atoms with Gasteiger partial charge in [-0.25, -0.2) is 0 Å². The first-order valence-corrected chi connectivity index (χ1v) is 13.0.